The lowest BCUT2D eigenvalue weighted by Gasteiger charge is -2.07. The van der Waals surface area contributed by atoms with E-state index in [1.165, 1.54) is 4.57 Å². The summed E-state index contributed by atoms with van der Waals surface area (Å²) < 4.78 is 1.51. The molecule has 3 N–H and O–H groups in total. The molecular weight excluding hydrogens is 288 g/mol. The van der Waals surface area contributed by atoms with Crippen LogP contribution in [0, 0.1) is 0 Å². The number of nitrogens with one attached hydrogen (secondary N) is 1. The van der Waals surface area contributed by atoms with E-state index in [1.807, 2.05) is 60.8 Å². The Kier molecular flexibility index (Phi) is 3.08. The first-order valence-electron chi connectivity index (χ1n) is 7.45. The van der Waals surface area contributed by atoms with Gasteiger partial charge in [-0.15, -0.1) is 0 Å². The van der Waals surface area contributed by atoms with Crippen LogP contribution in [0.1, 0.15) is 5.56 Å². The average Bonchev–Trinajstić information content (AvgIpc) is 3.15. The SMILES string of the molecule is Oc1cc(-c2ccc3[nH]ccc3c2)c(O)n1Cc1ccccc1. The molecule has 0 saturated carbocycles. The molecule has 0 spiro atoms. The van der Waals surface area contributed by atoms with Crippen LogP contribution in [-0.2, 0) is 6.54 Å². The first-order valence-corrected chi connectivity index (χ1v) is 7.45. The Bertz CT molecular complexity index is 968. The molecule has 0 aliphatic rings. The Hall–Kier alpha value is -3.14. The maximum atomic E-state index is 10.5. The second kappa shape index (κ2) is 5.25. The van der Waals surface area contributed by atoms with Gasteiger partial charge in [-0.3, -0.25) is 4.57 Å². The first-order chi connectivity index (χ1) is 11.2. The summed E-state index contributed by atoms with van der Waals surface area (Å²) in [6.07, 6.45) is 1.88. The topological polar surface area (TPSA) is 61.2 Å². The molecule has 0 fully saturated rings. The largest absolute Gasteiger partial charge is 0.494 e. The monoisotopic (exact) mass is 304 g/mol. The van der Waals surface area contributed by atoms with Crippen molar-refractivity contribution in [1.29, 1.82) is 0 Å². The summed E-state index contributed by atoms with van der Waals surface area (Å²) in [4.78, 5) is 3.15. The number of H-pyrrole nitrogens is 1. The maximum absolute atomic E-state index is 10.5. The molecule has 114 valence electrons. The Morgan fingerprint density at radius 3 is 2.57 bits per heavy atom. The van der Waals surface area contributed by atoms with Gasteiger partial charge in [0.05, 0.1) is 6.54 Å². The number of aromatic nitrogens is 2. The van der Waals surface area contributed by atoms with Crippen molar-refractivity contribution < 1.29 is 10.2 Å². The fourth-order valence-electron chi connectivity index (χ4n) is 2.88. The van der Waals surface area contributed by atoms with Gasteiger partial charge >= 0.3 is 0 Å². The van der Waals surface area contributed by atoms with Gasteiger partial charge in [0, 0.05) is 23.3 Å². The van der Waals surface area contributed by atoms with Crippen molar-refractivity contribution >= 4 is 10.9 Å². The second-order valence-electron chi connectivity index (χ2n) is 5.59. The van der Waals surface area contributed by atoms with Crippen molar-refractivity contribution in [2.45, 2.75) is 6.54 Å². The van der Waals surface area contributed by atoms with Gasteiger partial charge in [-0.05, 0) is 34.7 Å². The molecule has 2 heterocycles. The van der Waals surface area contributed by atoms with Gasteiger partial charge in [0.1, 0.15) is 0 Å². The van der Waals surface area contributed by atoms with Gasteiger partial charge in [-0.1, -0.05) is 36.4 Å². The molecule has 0 radical (unpaired) electrons. The van der Waals surface area contributed by atoms with E-state index in [0.29, 0.717) is 12.1 Å². The quantitative estimate of drug-likeness (QED) is 0.534. The highest BCUT2D eigenvalue weighted by molar-refractivity contribution is 5.86. The van der Waals surface area contributed by atoms with Crippen molar-refractivity contribution in [1.82, 2.24) is 9.55 Å². The van der Waals surface area contributed by atoms with Crippen LogP contribution in [0.4, 0.5) is 0 Å². The van der Waals surface area contributed by atoms with Crippen LogP contribution < -0.4 is 0 Å². The summed E-state index contributed by atoms with van der Waals surface area (Å²) in [5.74, 6) is 0.122. The summed E-state index contributed by atoms with van der Waals surface area (Å²) >= 11 is 0. The summed E-state index contributed by atoms with van der Waals surface area (Å²) in [7, 11) is 0. The van der Waals surface area contributed by atoms with Crippen molar-refractivity contribution in [3.8, 4) is 22.9 Å². The Balaban J connectivity index is 1.76. The average molecular weight is 304 g/mol. The van der Waals surface area contributed by atoms with Gasteiger partial charge in [0.25, 0.3) is 0 Å². The molecule has 2 aromatic carbocycles. The van der Waals surface area contributed by atoms with Crippen LogP contribution >= 0.6 is 0 Å². The zero-order valence-corrected chi connectivity index (χ0v) is 12.4. The summed E-state index contributed by atoms with van der Waals surface area (Å²) in [5, 5.41) is 21.8. The molecule has 4 heteroatoms. The molecule has 0 bridgehead atoms. The summed E-state index contributed by atoms with van der Waals surface area (Å²) in [6.45, 7) is 0.422. The predicted molar refractivity (Wildman–Crippen MR) is 90.6 cm³/mol. The molecule has 2 aromatic heterocycles. The predicted octanol–water partition coefficient (Wildman–Crippen LogP) is 4.10. The number of aromatic hydroxyl groups is 2. The van der Waals surface area contributed by atoms with E-state index >= 15 is 0 Å². The molecule has 23 heavy (non-hydrogen) atoms. The third-order valence-electron chi connectivity index (χ3n) is 4.09. The number of rotatable bonds is 3. The number of hydrogen-bond acceptors (Lipinski definition) is 2. The van der Waals surface area contributed by atoms with Crippen molar-refractivity contribution in [3.05, 3.63) is 72.4 Å². The molecule has 0 saturated heterocycles. The Labute approximate surface area is 133 Å². The van der Waals surface area contributed by atoms with E-state index in [-0.39, 0.29) is 11.8 Å². The minimum Gasteiger partial charge on any atom is -0.494 e. The van der Waals surface area contributed by atoms with Crippen LogP contribution in [0.2, 0.25) is 0 Å². The van der Waals surface area contributed by atoms with E-state index in [2.05, 4.69) is 4.98 Å². The van der Waals surface area contributed by atoms with Crippen LogP contribution in [0.5, 0.6) is 11.8 Å². The van der Waals surface area contributed by atoms with Gasteiger partial charge in [-0.2, -0.15) is 0 Å². The molecule has 0 unspecified atom stereocenters. The first kappa shape index (κ1) is 13.5. The second-order valence-corrected chi connectivity index (χ2v) is 5.59. The van der Waals surface area contributed by atoms with Crippen molar-refractivity contribution in [2.24, 2.45) is 0 Å². The Morgan fingerprint density at radius 2 is 1.74 bits per heavy atom. The van der Waals surface area contributed by atoms with E-state index in [9.17, 15) is 10.2 Å². The number of nitrogens with zero attached hydrogens (tertiary/aromatic N) is 1. The fraction of sp³-hybridized carbons (Fsp3) is 0.0526. The lowest BCUT2D eigenvalue weighted by atomic mass is 10.1. The molecule has 4 rings (SSSR count). The standard InChI is InChI=1S/C19H16N2O2/c22-18-11-16(14-6-7-17-15(10-14)8-9-20-17)19(23)21(18)12-13-4-2-1-3-5-13/h1-11,20,22-23H,12H2. The third-order valence-corrected chi connectivity index (χ3v) is 4.09. The van der Waals surface area contributed by atoms with E-state index in [1.54, 1.807) is 6.07 Å². The molecule has 0 atom stereocenters. The summed E-state index contributed by atoms with van der Waals surface area (Å²) in [6, 6.07) is 19.2. The molecular formula is C19H16N2O2. The van der Waals surface area contributed by atoms with Gasteiger partial charge in [-0.25, -0.2) is 0 Å². The maximum Gasteiger partial charge on any atom is 0.202 e. The molecule has 4 aromatic rings. The molecule has 0 aliphatic heterocycles. The van der Waals surface area contributed by atoms with Gasteiger partial charge < -0.3 is 15.2 Å². The highest BCUT2D eigenvalue weighted by Crippen LogP contribution is 2.37. The smallest absolute Gasteiger partial charge is 0.202 e. The minimum atomic E-state index is 0.0514. The highest BCUT2D eigenvalue weighted by Gasteiger charge is 2.16. The lowest BCUT2D eigenvalue weighted by molar-refractivity contribution is 0.378. The Morgan fingerprint density at radius 1 is 0.913 bits per heavy atom. The van der Waals surface area contributed by atoms with Crippen LogP contribution in [0.3, 0.4) is 0 Å². The van der Waals surface area contributed by atoms with Crippen LogP contribution in [-0.4, -0.2) is 19.8 Å². The molecule has 0 aliphatic carbocycles. The lowest BCUT2D eigenvalue weighted by Crippen LogP contribution is -1.98. The van der Waals surface area contributed by atoms with Crippen LogP contribution in [0.25, 0.3) is 22.0 Å². The third kappa shape index (κ3) is 2.34. The van der Waals surface area contributed by atoms with Crippen LogP contribution in [0.15, 0.2) is 66.9 Å². The number of hydrogen-bond donors (Lipinski definition) is 3. The number of aromatic amines is 1. The highest BCUT2D eigenvalue weighted by atomic mass is 16.3. The minimum absolute atomic E-state index is 0.0514. The normalized spacial score (nSPS) is 11.1. The van der Waals surface area contributed by atoms with E-state index < -0.39 is 0 Å². The number of fused-ring (bicyclic) bond motifs is 1. The van der Waals surface area contributed by atoms with E-state index in [0.717, 1.165) is 22.0 Å². The zero-order valence-electron chi connectivity index (χ0n) is 12.4. The van der Waals surface area contributed by atoms with Gasteiger partial charge in [0.2, 0.25) is 5.88 Å². The molecule has 0 amide bonds. The summed E-state index contributed by atoms with van der Waals surface area (Å²) in [5.41, 5.74) is 3.56. The van der Waals surface area contributed by atoms with Crippen molar-refractivity contribution in [2.75, 3.05) is 0 Å². The van der Waals surface area contributed by atoms with E-state index in [4.69, 9.17) is 0 Å². The number of benzene rings is 2. The van der Waals surface area contributed by atoms with Crippen molar-refractivity contribution in [3.63, 3.8) is 0 Å². The zero-order chi connectivity index (χ0) is 15.8. The molecule has 4 nitrogen and oxygen atoms in total. The fourth-order valence-corrected chi connectivity index (χ4v) is 2.88. The van der Waals surface area contributed by atoms with Gasteiger partial charge in [0.15, 0.2) is 5.88 Å².